The van der Waals surface area contributed by atoms with Crippen LogP contribution in [0.3, 0.4) is 0 Å². The molecule has 2 rings (SSSR count). The molecule has 1 heterocycles. The second-order valence-corrected chi connectivity index (χ2v) is 7.52. The van der Waals surface area contributed by atoms with E-state index in [2.05, 4.69) is 9.51 Å². The van der Waals surface area contributed by atoms with E-state index in [0.29, 0.717) is 5.17 Å². The van der Waals surface area contributed by atoms with Gasteiger partial charge >= 0.3 is 0 Å². The number of hydrogen-bond donors (Lipinski definition) is 0. The summed E-state index contributed by atoms with van der Waals surface area (Å²) in [5.74, 6) is 0. The third kappa shape index (κ3) is 2.49. The average molecular weight is 287 g/mol. The van der Waals surface area contributed by atoms with Crippen molar-refractivity contribution in [2.45, 2.75) is 20.3 Å². The molecule has 0 aliphatic carbocycles. The molecule has 1 unspecified atom stereocenters. The first-order valence-electron chi connectivity index (χ1n) is 5.40. The van der Waals surface area contributed by atoms with Gasteiger partial charge in [-0.1, -0.05) is 48.9 Å². The fourth-order valence-corrected chi connectivity index (χ4v) is 4.85. The lowest BCUT2D eigenvalue weighted by molar-refractivity contribution is 1.05. The van der Waals surface area contributed by atoms with Gasteiger partial charge in [0.2, 0.25) is 0 Å². The highest BCUT2D eigenvalue weighted by molar-refractivity contribution is 7.96. The lowest BCUT2D eigenvalue weighted by Crippen LogP contribution is -2.05. The van der Waals surface area contributed by atoms with Crippen molar-refractivity contribution in [3.63, 3.8) is 0 Å². The standard InChI is InChI=1S/C12H13Cl2N2P/c1-3-11-9(2)12(13)16-17(14,15-11)10-7-5-4-6-8-10/h4-8H,3H2,1-2H3. The van der Waals surface area contributed by atoms with Crippen LogP contribution in [0.5, 0.6) is 0 Å². The van der Waals surface area contributed by atoms with E-state index in [0.717, 1.165) is 23.0 Å². The van der Waals surface area contributed by atoms with E-state index >= 15 is 0 Å². The van der Waals surface area contributed by atoms with E-state index in [1.165, 1.54) is 0 Å². The zero-order valence-corrected chi connectivity index (χ0v) is 12.1. The molecule has 90 valence electrons. The maximum Gasteiger partial charge on any atom is 0.194 e. The molecule has 1 aliphatic rings. The zero-order chi connectivity index (χ0) is 12.5. The Morgan fingerprint density at radius 1 is 1.24 bits per heavy atom. The van der Waals surface area contributed by atoms with Crippen LogP contribution in [0.1, 0.15) is 20.3 Å². The normalized spacial score (nSPS) is 24.4. The largest absolute Gasteiger partial charge is 0.230 e. The molecule has 5 heteroatoms. The van der Waals surface area contributed by atoms with Gasteiger partial charge in [-0.3, -0.25) is 0 Å². The second kappa shape index (κ2) is 4.97. The predicted molar refractivity (Wildman–Crippen MR) is 77.6 cm³/mol. The molecular formula is C12H13Cl2N2P. The van der Waals surface area contributed by atoms with Gasteiger partial charge in [0, 0.05) is 16.6 Å². The van der Waals surface area contributed by atoms with Crippen molar-refractivity contribution in [2.75, 3.05) is 0 Å². The maximum absolute atomic E-state index is 6.57. The summed E-state index contributed by atoms with van der Waals surface area (Å²) in [4.78, 5) is 0. The Morgan fingerprint density at radius 3 is 2.47 bits per heavy atom. The number of rotatable bonds is 2. The topological polar surface area (TPSA) is 24.7 Å². The number of hydrogen-bond acceptors (Lipinski definition) is 2. The third-order valence-corrected chi connectivity index (χ3v) is 6.09. The van der Waals surface area contributed by atoms with Gasteiger partial charge < -0.3 is 0 Å². The molecule has 1 aromatic carbocycles. The number of benzene rings is 1. The molecule has 0 spiro atoms. The van der Waals surface area contributed by atoms with Crippen LogP contribution >= 0.6 is 29.4 Å². The minimum absolute atomic E-state index is 0.490. The van der Waals surface area contributed by atoms with E-state index < -0.39 is 6.56 Å². The van der Waals surface area contributed by atoms with Gasteiger partial charge in [0.1, 0.15) is 5.17 Å². The average Bonchev–Trinajstić information content (AvgIpc) is 2.35. The first kappa shape index (κ1) is 12.9. The van der Waals surface area contributed by atoms with Crippen molar-refractivity contribution >= 4 is 39.9 Å². The molecular weight excluding hydrogens is 274 g/mol. The van der Waals surface area contributed by atoms with E-state index in [-0.39, 0.29) is 0 Å². The molecule has 0 bridgehead atoms. The van der Waals surface area contributed by atoms with Crippen molar-refractivity contribution in [2.24, 2.45) is 9.51 Å². The summed E-state index contributed by atoms with van der Waals surface area (Å²) >= 11 is 12.7. The molecule has 0 radical (unpaired) electrons. The van der Waals surface area contributed by atoms with Gasteiger partial charge in [-0.15, -0.1) is 0 Å². The van der Waals surface area contributed by atoms with Gasteiger partial charge in [0.05, 0.1) is 0 Å². The van der Waals surface area contributed by atoms with E-state index in [4.69, 9.17) is 22.8 Å². The van der Waals surface area contributed by atoms with Gasteiger partial charge in [-0.05, 0) is 24.6 Å². The highest BCUT2D eigenvalue weighted by Gasteiger charge is 2.24. The van der Waals surface area contributed by atoms with Gasteiger partial charge in [-0.2, -0.15) is 0 Å². The summed E-state index contributed by atoms with van der Waals surface area (Å²) in [6, 6.07) is 9.73. The molecule has 2 nitrogen and oxygen atoms in total. The van der Waals surface area contributed by atoms with Crippen LogP contribution in [0.4, 0.5) is 0 Å². The van der Waals surface area contributed by atoms with Crippen LogP contribution in [-0.4, -0.2) is 5.17 Å². The Kier molecular flexibility index (Phi) is 3.77. The number of halogens is 2. The zero-order valence-electron chi connectivity index (χ0n) is 9.69. The number of nitrogens with zero attached hydrogens (tertiary/aromatic N) is 2. The molecule has 0 aromatic heterocycles. The Labute approximate surface area is 111 Å². The summed E-state index contributed by atoms with van der Waals surface area (Å²) < 4.78 is 9.02. The quantitative estimate of drug-likeness (QED) is 0.690. The molecule has 17 heavy (non-hydrogen) atoms. The Hall–Kier alpha value is -0.560. The molecule has 1 aliphatic heterocycles. The molecule has 0 saturated carbocycles. The molecule has 0 fully saturated rings. The van der Waals surface area contributed by atoms with E-state index in [1.807, 2.05) is 44.2 Å². The van der Waals surface area contributed by atoms with E-state index in [1.54, 1.807) is 0 Å². The summed E-state index contributed by atoms with van der Waals surface area (Å²) in [5.41, 5.74) is 1.89. The molecule has 1 atom stereocenters. The molecule has 0 saturated heterocycles. The summed E-state index contributed by atoms with van der Waals surface area (Å²) in [7, 11) is 0. The van der Waals surface area contributed by atoms with Gasteiger partial charge in [0.25, 0.3) is 0 Å². The third-order valence-electron chi connectivity index (χ3n) is 2.64. The van der Waals surface area contributed by atoms with Crippen molar-refractivity contribution in [3.05, 3.63) is 41.6 Å². The minimum atomic E-state index is -2.39. The second-order valence-electron chi connectivity index (χ2n) is 3.78. The smallest absolute Gasteiger partial charge is 0.194 e. The first-order chi connectivity index (χ1) is 8.07. The SMILES string of the molecule is CCC1=C(C)C(Cl)=NP(Cl)(c2ccccc2)=N1. The first-order valence-corrected chi connectivity index (χ1v) is 8.38. The van der Waals surface area contributed by atoms with Crippen molar-refractivity contribution in [1.29, 1.82) is 0 Å². The van der Waals surface area contributed by atoms with Crippen LogP contribution in [-0.2, 0) is 0 Å². The Bertz CT molecular complexity index is 547. The fourth-order valence-electron chi connectivity index (χ4n) is 1.64. The van der Waals surface area contributed by atoms with E-state index in [9.17, 15) is 0 Å². The molecule has 1 aromatic rings. The highest BCUT2D eigenvalue weighted by atomic mass is 35.7. The summed E-state index contributed by atoms with van der Waals surface area (Å²) in [6.45, 7) is 1.59. The summed E-state index contributed by atoms with van der Waals surface area (Å²) in [5, 5.41) is 1.43. The minimum Gasteiger partial charge on any atom is -0.230 e. The van der Waals surface area contributed by atoms with Gasteiger partial charge in [-0.25, -0.2) is 9.51 Å². The van der Waals surface area contributed by atoms with Crippen LogP contribution in [0, 0.1) is 0 Å². The van der Waals surface area contributed by atoms with Crippen molar-refractivity contribution in [1.82, 2.24) is 0 Å². The molecule has 0 amide bonds. The maximum atomic E-state index is 6.57. The van der Waals surface area contributed by atoms with Crippen molar-refractivity contribution < 1.29 is 0 Å². The number of allylic oxidation sites excluding steroid dienone is 2. The Balaban J connectivity index is 2.62. The van der Waals surface area contributed by atoms with Crippen LogP contribution in [0.2, 0.25) is 0 Å². The van der Waals surface area contributed by atoms with Crippen LogP contribution < -0.4 is 5.30 Å². The lowest BCUT2D eigenvalue weighted by Gasteiger charge is -2.20. The molecule has 0 N–H and O–H groups in total. The van der Waals surface area contributed by atoms with Crippen LogP contribution in [0.25, 0.3) is 0 Å². The predicted octanol–water partition coefficient (Wildman–Crippen LogP) is 4.92. The fraction of sp³-hybridized carbons (Fsp3) is 0.250. The van der Waals surface area contributed by atoms with Gasteiger partial charge in [0.15, 0.2) is 6.56 Å². The summed E-state index contributed by atoms with van der Waals surface area (Å²) in [6.07, 6.45) is 0.818. The highest BCUT2D eigenvalue weighted by Crippen LogP contribution is 2.59. The monoisotopic (exact) mass is 286 g/mol. The van der Waals surface area contributed by atoms with Crippen molar-refractivity contribution in [3.8, 4) is 0 Å². The van der Waals surface area contributed by atoms with Crippen LogP contribution in [0.15, 0.2) is 51.1 Å². The lowest BCUT2D eigenvalue weighted by atomic mass is 10.2. The Morgan fingerprint density at radius 2 is 1.88 bits per heavy atom.